The van der Waals surface area contributed by atoms with E-state index in [4.69, 9.17) is 4.74 Å². The summed E-state index contributed by atoms with van der Waals surface area (Å²) in [5, 5.41) is 0. The average molecular weight is 182 g/mol. The summed E-state index contributed by atoms with van der Waals surface area (Å²) < 4.78 is 5.04. The molecule has 1 aliphatic rings. The maximum atomic E-state index is 5.04. The van der Waals surface area contributed by atoms with Gasteiger partial charge < -0.3 is 4.74 Å². The molecule has 1 nitrogen and oxygen atoms in total. The first-order valence-electron chi connectivity index (χ1n) is 5.24. The Labute approximate surface area is 82.2 Å². The average Bonchev–Trinajstić information content (AvgIpc) is 2.04. The van der Waals surface area contributed by atoms with E-state index in [1.807, 2.05) is 6.26 Å². The van der Waals surface area contributed by atoms with E-state index in [0.29, 0.717) is 5.41 Å². The van der Waals surface area contributed by atoms with Crippen molar-refractivity contribution in [2.75, 3.05) is 7.11 Å². The van der Waals surface area contributed by atoms with Gasteiger partial charge in [0, 0.05) is 0 Å². The predicted molar refractivity (Wildman–Crippen MR) is 56.5 cm³/mol. The predicted octanol–water partition coefficient (Wildman–Crippen LogP) is 3.75. The standard InChI is InChI=1S/C12H22O/c1-12(2,3)11-7-5-10(6-8-11)9-13-4/h9,11H,5-8H2,1-4H3. The van der Waals surface area contributed by atoms with E-state index < -0.39 is 0 Å². The van der Waals surface area contributed by atoms with Gasteiger partial charge in [0.2, 0.25) is 0 Å². The molecule has 1 aliphatic carbocycles. The summed E-state index contributed by atoms with van der Waals surface area (Å²) in [4.78, 5) is 0. The molecule has 13 heavy (non-hydrogen) atoms. The summed E-state index contributed by atoms with van der Waals surface area (Å²) in [6.07, 6.45) is 7.06. The van der Waals surface area contributed by atoms with E-state index >= 15 is 0 Å². The molecule has 0 radical (unpaired) electrons. The molecule has 0 heterocycles. The van der Waals surface area contributed by atoms with Crippen LogP contribution in [-0.2, 0) is 4.74 Å². The second-order valence-electron chi connectivity index (χ2n) is 5.15. The van der Waals surface area contributed by atoms with Gasteiger partial charge in [-0.05, 0) is 42.6 Å². The maximum Gasteiger partial charge on any atom is 0.0816 e. The highest BCUT2D eigenvalue weighted by Crippen LogP contribution is 2.39. The van der Waals surface area contributed by atoms with Crippen molar-refractivity contribution >= 4 is 0 Å². The quantitative estimate of drug-likeness (QED) is 0.561. The van der Waals surface area contributed by atoms with E-state index in [0.717, 1.165) is 5.92 Å². The van der Waals surface area contributed by atoms with Crippen molar-refractivity contribution < 1.29 is 4.74 Å². The molecule has 0 bridgehead atoms. The van der Waals surface area contributed by atoms with Gasteiger partial charge in [-0.15, -0.1) is 0 Å². The lowest BCUT2D eigenvalue weighted by atomic mass is 9.71. The van der Waals surface area contributed by atoms with Crippen molar-refractivity contribution in [2.45, 2.75) is 46.5 Å². The molecule has 76 valence electrons. The molecular weight excluding hydrogens is 160 g/mol. The van der Waals surface area contributed by atoms with E-state index in [9.17, 15) is 0 Å². The van der Waals surface area contributed by atoms with Crippen LogP contribution in [0.2, 0.25) is 0 Å². The lowest BCUT2D eigenvalue weighted by Crippen LogP contribution is -2.23. The van der Waals surface area contributed by atoms with E-state index in [1.165, 1.54) is 31.3 Å². The summed E-state index contributed by atoms with van der Waals surface area (Å²) in [6.45, 7) is 7.05. The fraction of sp³-hybridized carbons (Fsp3) is 0.833. The number of ether oxygens (including phenoxy) is 1. The number of rotatable bonds is 1. The Bertz CT molecular complexity index is 176. The Hall–Kier alpha value is -0.460. The summed E-state index contributed by atoms with van der Waals surface area (Å²) in [7, 11) is 1.74. The van der Waals surface area contributed by atoms with Crippen LogP contribution in [0.4, 0.5) is 0 Å². The van der Waals surface area contributed by atoms with Crippen LogP contribution in [0.15, 0.2) is 11.8 Å². The smallest absolute Gasteiger partial charge is 0.0816 e. The third-order valence-corrected chi connectivity index (χ3v) is 3.14. The molecule has 0 aromatic heterocycles. The SMILES string of the molecule is COC=C1CCC(C(C)(C)C)CC1. The van der Waals surface area contributed by atoms with Crippen molar-refractivity contribution in [3.05, 3.63) is 11.8 Å². The molecule has 1 rings (SSSR count). The van der Waals surface area contributed by atoms with Gasteiger partial charge >= 0.3 is 0 Å². The van der Waals surface area contributed by atoms with Crippen LogP contribution in [0.5, 0.6) is 0 Å². The van der Waals surface area contributed by atoms with Gasteiger partial charge in [-0.25, -0.2) is 0 Å². The number of allylic oxidation sites excluding steroid dienone is 1. The zero-order valence-corrected chi connectivity index (χ0v) is 9.39. The molecule has 1 saturated carbocycles. The summed E-state index contributed by atoms with van der Waals surface area (Å²) in [5.41, 5.74) is 1.97. The van der Waals surface area contributed by atoms with Gasteiger partial charge in [-0.1, -0.05) is 20.8 Å². The molecule has 0 amide bonds. The molecule has 0 N–H and O–H groups in total. The molecule has 1 fully saturated rings. The third kappa shape index (κ3) is 3.06. The topological polar surface area (TPSA) is 9.23 Å². The minimum atomic E-state index is 0.485. The van der Waals surface area contributed by atoms with Crippen LogP contribution in [0.25, 0.3) is 0 Å². The fourth-order valence-electron chi connectivity index (χ4n) is 2.14. The molecule has 0 aliphatic heterocycles. The third-order valence-electron chi connectivity index (χ3n) is 3.14. The highest BCUT2D eigenvalue weighted by Gasteiger charge is 2.27. The van der Waals surface area contributed by atoms with Crippen LogP contribution in [0.1, 0.15) is 46.5 Å². The van der Waals surface area contributed by atoms with Crippen LogP contribution in [-0.4, -0.2) is 7.11 Å². The zero-order valence-electron chi connectivity index (χ0n) is 9.39. The molecular formula is C12H22O. The second-order valence-corrected chi connectivity index (χ2v) is 5.15. The normalized spacial score (nSPS) is 24.3. The fourth-order valence-corrected chi connectivity index (χ4v) is 2.14. The zero-order chi connectivity index (χ0) is 9.90. The highest BCUT2D eigenvalue weighted by atomic mass is 16.5. The molecule has 1 heteroatoms. The molecule has 0 aromatic rings. The van der Waals surface area contributed by atoms with Gasteiger partial charge in [0.1, 0.15) is 0 Å². The van der Waals surface area contributed by atoms with Crippen LogP contribution in [0, 0.1) is 11.3 Å². The minimum absolute atomic E-state index is 0.485. The maximum absolute atomic E-state index is 5.04. The highest BCUT2D eigenvalue weighted by molar-refractivity contribution is 5.02. The lowest BCUT2D eigenvalue weighted by molar-refractivity contribution is 0.194. The van der Waals surface area contributed by atoms with Crippen molar-refractivity contribution in [3.8, 4) is 0 Å². The number of hydrogen-bond acceptors (Lipinski definition) is 1. The van der Waals surface area contributed by atoms with E-state index in [2.05, 4.69) is 20.8 Å². The minimum Gasteiger partial charge on any atom is -0.504 e. The Morgan fingerprint density at radius 2 is 1.77 bits per heavy atom. The first-order valence-corrected chi connectivity index (χ1v) is 5.24. The monoisotopic (exact) mass is 182 g/mol. The Balaban J connectivity index is 2.44. The lowest BCUT2D eigenvalue weighted by Gasteiger charge is -2.34. The Morgan fingerprint density at radius 1 is 1.23 bits per heavy atom. The molecule has 0 atom stereocenters. The first kappa shape index (κ1) is 10.6. The van der Waals surface area contributed by atoms with Gasteiger partial charge in [0.05, 0.1) is 13.4 Å². The Morgan fingerprint density at radius 3 is 2.15 bits per heavy atom. The van der Waals surface area contributed by atoms with Crippen LogP contribution >= 0.6 is 0 Å². The summed E-state index contributed by atoms with van der Waals surface area (Å²) in [5.74, 6) is 0.890. The molecule has 0 unspecified atom stereocenters. The second kappa shape index (κ2) is 4.17. The van der Waals surface area contributed by atoms with Crippen molar-refractivity contribution in [2.24, 2.45) is 11.3 Å². The van der Waals surface area contributed by atoms with Crippen molar-refractivity contribution in [1.29, 1.82) is 0 Å². The molecule has 0 saturated heterocycles. The largest absolute Gasteiger partial charge is 0.504 e. The first-order chi connectivity index (χ1) is 6.04. The summed E-state index contributed by atoms with van der Waals surface area (Å²) >= 11 is 0. The molecule has 0 aromatic carbocycles. The Kier molecular flexibility index (Phi) is 3.40. The summed E-state index contributed by atoms with van der Waals surface area (Å²) in [6, 6.07) is 0. The van der Waals surface area contributed by atoms with Gasteiger partial charge in [-0.3, -0.25) is 0 Å². The van der Waals surface area contributed by atoms with Crippen LogP contribution in [0.3, 0.4) is 0 Å². The van der Waals surface area contributed by atoms with E-state index in [-0.39, 0.29) is 0 Å². The van der Waals surface area contributed by atoms with Gasteiger partial charge in [0.15, 0.2) is 0 Å². The van der Waals surface area contributed by atoms with E-state index in [1.54, 1.807) is 7.11 Å². The number of methoxy groups -OCH3 is 1. The molecule has 0 spiro atoms. The van der Waals surface area contributed by atoms with Crippen LogP contribution < -0.4 is 0 Å². The van der Waals surface area contributed by atoms with Gasteiger partial charge in [-0.2, -0.15) is 0 Å². The van der Waals surface area contributed by atoms with Crippen molar-refractivity contribution in [1.82, 2.24) is 0 Å². The number of hydrogen-bond donors (Lipinski definition) is 0. The van der Waals surface area contributed by atoms with Gasteiger partial charge in [0.25, 0.3) is 0 Å². The van der Waals surface area contributed by atoms with Crippen molar-refractivity contribution in [3.63, 3.8) is 0 Å².